The van der Waals surface area contributed by atoms with Crippen LogP contribution in [0.3, 0.4) is 0 Å². The molecule has 39 heavy (non-hydrogen) atoms. The summed E-state index contributed by atoms with van der Waals surface area (Å²) in [6.45, 7) is 8.81. The number of carbonyl (C=O) groups is 1. The lowest BCUT2D eigenvalue weighted by atomic mass is 9.88. The van der Waals surface area contributed by atoms with Crippen molar-refractivity contribution in [3.8, 4) is 6.07 Å². The van der Waals surface area contributed by atoms with E-state index < -0.39 is 39.3 Å². The molecule has 0 saturated carbocycles. The SMILES string of the molecule is CNc1cccc(S(=O)(=O)N(CC(O)[C@H](Cc2ccccc2)NC(=O)OC(C)(C)C)CC(C)(C)CCC#N)c1. The van der Waals surface area contributed by atoms with Gasteiger partial charge < -0.3 is 20.5 Å². The van der Waals surface area contributed by atoms with Gasteiger partial charge in [-0.25, -0.2) is 13.2 Å². The molecular weight excluding hydrogens is 516 g/mol. The molecule has 10 heteroatoms. The summed E-state index contributed by atoms with van der Waals surface area (Å²) in [5.41, 5.74) is 0.207. The van der Waals surface area contributed by atoms with Crippen molar-refractivity contribution >= 4 is 21.8 Å². The first-order valence-corrected chi connectivity index (χ1v) is 14.5. The maximum Gasteiger partial charge on any atom is 0.407 e. The van der Waals surface area contributed by atoms with Gasteiger partial charge in [0.2, 0.25) is 10.0 Å². The molecular formula is C29H42N4O5S. The zero-order valence-electron chi connectivity index (χ0n) is 23.8. The smallest absolute Gasteiger partial charge is 0.407 e. The minimum Gasteiger partial charge on any atom is -0.444 e. The second-order valence-electron chi connectivity index (χ2n) is 11.4. The Balaban J connectivity index is 2.43. The minimum atomic E-state index is -4.04. The number of rotatable bonds is 13. The Morgan fingerprint density at radius 3 is 2.36 bits per heavy atom. The van der Waals surface area contributed by atoms with Gasteiger partial charge in [-0.2, -0.15) is 9.57 Å². The van der Waals surface area contributed by atoms with Crippen molar-refractivity contribution in [2.24, 2.45) is 5.41 Å². The van der Waals surface area contributed by atoms with Crippen molar-refractivity contribution in [3.63, 3.8) is 0 Å². The van der Waals surface area contributed by atoms with Crippen LogP contribution < -0.4 is 10.6 Å². The molecule has 0 aliphatic heterocycles. The fraction of sp³-hybridized carbons (Fsp3) is 0.517. The first-order chi connectivity index (χ1) is 18.2. The molecule has 1 unspecified atom stereocenters. The number of nitriles is 1. The van der Waals surface area contributed by atoms with E-state index in [0.29, 0.717) is 12.1 Å². The summed E-state index contributed by atoms with van der Waals surface area (Å²) >= 11 is 0. The number of nitrogens with zero attached hydrogens (tertiary/aromatic N) is 2. The van der Waals surface area contributed by atoms with E-state index in [2.05, 4.69) is 16.7 Å². The highest BCUT2D eigenvalue weighted by molar-refractivity contribution is 7.89. The van der Waals surface area contributed by atoms with Gasteiger partial charge in [-0.1, -0.05) is 50.2 Å². The number of sulfonamides is 1. The summed E-state index contributed by atoms with van der Waals surface area (Å²) in [6.07, 6.45) is -0.941. The van der Waals surface area contributed by atoms with Crippen LogP contribution in [0.25, 0.3) is 0 Å². The van der Waals surface area contributed by atoms with E-state index in [0.717, 1.165) is 5.56 Å². The highest BCUT2D eigenvalue weighted by Gasteiger charge is 2.35. The number of benzene rings is 2. The molecule has 0 bridgehead atoms. The van der Waals surface area contributed by atoms with Crippen molar-refractivity contribution in [2.75, 3.05) is 25.5 Å². The maximum absolute atomic E-state index is 13.9. The number of amides is 1. The average molecular weight is 559 g/mol. The summed E-state index contributed by atoms with van der Waals surface area (Å²) in [5, 5.41) is 26.2. The standard InChI is InChI=1S/C29H42N4O5S/c1-28(2,3)38-27(35)32-25(18-22-12-8-7-9-13-22)26(34)20-33(21-29(4,5)16-11-17-30)39(36,37)24-15-10-14-23(19-24)31-6/h7-10,12-15,19,25-26,31,34H,11,16,18,20-21H2,1-6H3,(H,32,35)/t25-,26?/m0/s1. The maximum atomic E-state index is 13.9. The number of alkyl carbamates (subject to hydrolysis) is 1. The highest BCUT2D eigenvalue weighted by atomic mass is 32.2. The van der Waals surface area contributed by atoms with Gasteiger partial charge in [0, 0.05) is 32.2 Å². The number of nitrogens with one attached hydrogen (secondary N) is 2. The van der Waals surface area contributed by atoms with Crippen LogP contribution in [0.5, 0.6) is 0 Å². The quantitative estimate of drug-likeness (QED) is 0.329. The Bertz CT molecular complexity index is 1220. The van der Waals surface area contributed by atoms with Gasteiger partial charge in [0.1, 0.15) is 5.60 Å². The van der Waals surface area contributed by atoms with E-state index in [-0.39, 0.29) is 30.8 Å². The highest BCUT2D eigenvalue weighted by Crippen LogP contribution is 2.28. The second-order valence-corrected chi connectivity index (χ2v) is 13.3. The van der Waals surface area contributed by atoms with Crippen molar-refractivity contribution in [1.29, 1.82) is 5.26 Å². The lowest BCUT2D eigenvalue weighted by Gasteiger charge is -2.35. The third-order valence-electron chi connectivity index (χ3n) is 6.13. The first-order valence-electron chi connectivity index (χ1n) is 13.0. The van der Waals surface area contributed by atoms with Gasteiger partial charge in [-0.15, -0.1) is 0 Å². The van der Waals surface area contributed by atoms with Crippen molar-refractivity contribution < 1.29 is 23.1 Å². The number of aliphatic hydroxyl groups excluding tert-OH is 1. The van der Waals surface area contributed by atoms with Crippen LogP contribution in [0.1, 0.15) is 53.0 Å². The Hall–Kier alpha value is -3.13. The lowest BCUT2D eigenvalue weighted by molar-refractivity contribution is 0.0392. The molecule has 3 N–H and O–H groups in total. The third kappa shape index (κ3) is 10.5. The van der Waals surface area contributed by atoms with E-state index in [9.17, 15) is 18.3 Å². The number of ether oxygens (including phenoxy) is 1. The number of hydrogen-bond donors (Lipinski definition) is 3. The Kier molecular flexibility index (Phi) is 11.3. The molecule has 0 radical (unpaired) electrons. The summed E-state index contributed by atoms with van der Waals surface area (Å²) in [7, 11) is -2.34. The molecule has 2 rings (SSSR count). The van der Waals surface area contributed by atoms with Crippen LogP contribution in [-0.2, 0) is 21.2 Å². The van der Waals surface area contributed by atoms with Crippen LogP contribution >= 0.6 is 0 Å². The average Bonchev–Trinajstić information content (AvgIpc) is 2.86. The molecule has 0 aliphatic carbocycles. The fourth-order valence-electron chi connectivity index (χ4n) is 4.11. The number of aliphatic hydroxyl groups is 1. The van der Waals surface area contributed by atoms with Gasteiger partial charge in [0.25, 0.3) is 0 Å². The van der Waals surface area contributed by atoms with Gasteiger partial charge in [-0.3, -0.25) is 0 Å². The largest absolute Gasteiger partial charge is 0.444 e. The van der Waals surface area contributed by atoms with Gasteiger partial charge in [-0.05, 0) is 62.8 Å². The number of hydrogen-bond acceptors (Lipinski definition) is 7. The van der Waals surface area contributed by atoms with Gasteiger partial charge in [0.05, 0.1) is 23.1 Å². The topological polar surface area (TPSA) is 132 Å². The Morgan fingerprint density at radius 1 is 1.10 bits per heavy atom. The summed E-state index contributed by atoms with van der Waals surface area (Å²) < 4.78 is 34.4. The Morgan fingerprint density at radius 2 is 1.77 bits per heavy atom. The van der Waals surface area contributed by atoms with Gasteiger partial charge in [0.15, 0.2) is 0 Å². The minimum absolute atomic E-state index is 0.0718. The van der Waals surface area contributed by atoms with Crippen molar-refractivity contribution in [2.45, 2.75) is 76.5 Å². The van der Waals surface area contributed by atoms with Crippen LogP contribution in [0.4, 0.5) is 10.5 Å². The molecule has 2 aromatic carbocycles. The van der Waals surface area contributed by atoms with E-state index >= 15 is 0 Å². The molecule has 0 spiro atoms. The summed E-state index contributed by atoms with van der Waals surface area (Å²) in [4.78, 5) is 12.8. The summed E-state index contributed by atoms with van der Waals surface area (Å²) in [6, 6.07) is 17.1. The molecule has 0 heterocycles. The Labute approximate surface area is 233 Å². The van der Waals surface area contributed by atoms with Crippen LogP contribution in [0.2, 0.25) is 0 Å². The predicted octanol–water partition coefficient (Wildman–Crippen LogP) is 4.55. The molecule has 2 aromatic rings. The van der Waals surface area contributed by atoms with Crippen molar-refractivity contribution in [1.82, 2.24) is 9.62 Å². The molecule has 9 nitrogen and oxygen atoms in total. The normalized spacial score (nSPS) is 13.8. The monoisotopic (exact) mass is 558 g/mol. The lowest BCUT2D eigenvalue weighted by Crippen LogP contribution is -2.52. The van der Waals surface area contributed by atoms with Crippen LogP contribution in [0.15, 0.2) is 59.5 Å². The second kappa shape index (κ2) is 13.8. The van der Waals surface area contributed by atoms with Crippen molar-refractivity contribution in [3.05, 3.63) is 60.2 Å². The summed E-state index contributed by atoms with van der Waals surface area (Å²) in [5.74, 6) is 0. The fourth-order valence-corrected chi connectivity index (χ4v) is 5.80. The molecule has 0 saturated heterocycles. The van der Waals surface area contributed by atoms with E-state index in [1.807, 2.05) is 44.2 Å². The van der Waals surface area contributed by atoms with E-state index in [1.54, 1.807) is 40.0 Å². The third-order valence-corrected chi connectivity index (χ3v) is 7.94. The molecule has 0 aromatic heterocycles. The molecule has 214 valence electrons. The van der Waals surface area contributed by atoms with E-state index in [4.69, 9.17) is 10.00 Å². The predicted molar refractivity (Wildman–Crippen MR) is 153 cm³/mol. The molecule has 0 fully saturated rings. The zero-order valence-corrected chi connectivity index (χ0v) is 24.6. The molecule has 0 aliphatic rings. The molecule has 2 atom stereocenters. The molecule has 1 amide bonds. The first kappa shape index (κ1) is 32.1. The van der Waals surface area contributed by atoms with Crippen LogP contribution in [0, 0.1) is 16.7 Å². The van der Waals surface area contributed by atoms with Crippen LogP contribution in [-0.4, -0.2) is 61.8 Å². The number of carbonyl (C=O) groups excluding carboxylic acids is 1. The van der Waals surface area contributed by atoms with Gasteiger partial charge >= 0.3 is 6.09 Å². The zero-order chi connectivity index (χ0) is 29.3. The number of anilines is 1. The van der Waals surface area contributed by atoms with E-state index in [1.165, 1.54) is 16.4 Å².